The van der Waals surface area contributed by atoms with Crippen LogP contribution in [0.3, 0.4) is 0 Å². The van der Waals surface area contributed by atoms with E-state index in [9.17, 15) is 9.59 Å². The molecule has 2 heterocycles. The molecule has 2 amide bonds. The van der Waals surface area contributed by atoms with Crippen molar-refractivity contribution in [2.45, 2.75) is 18.9 Å². The molecule has 0 bridgehead atoms. The first-order chi connectivity index (χ1) is 8.56. The average molecular weight is 270 g/mol. The highest BCUT2D eigenvalue weighted by Gasteiger charge is 2.21. The largest absolute Gasteiger partial charge is 0.367 e. The second-order valence-corrected chi connectivity index (χ2v) is 4.29. The zero-order valence-corrected chi connectivity index (χ0v) is 10.2. The summed E-state index contributed by atoms with van der Waals surface area (Å²) in [6.45, 7) is 0.458. The maximum absolute atomic E-state index is 11.2. The van der Waals surface area contributed by atoms with Gasteiger partial charge in [0.25, 0.3) is 5.91 Å². The summed E-state index contributed by atoms with van der Waals surface area (Å²) >= 11 is 5.66. The normalized spacial score (nSPS) is 18.5. The summed E-state index contributed by atoms with van der Waals surface area (Å²) in [5, 5.41) is 5.77. The number of hydrogen-bond acceptors (Lipinski definition) is 5. The number of nitrogens with two attached hydrogens (primary N) is 1. The predicted octanol–water partition coefficient (Wildman–Crippen LogP) is -0.0806. The zero-order chi connectivity index (χ0) is 13.1. The van der Waals surface area contributed by atoms with Gasteiger partial charge in [0.05, 0.1) is 5.56 Å². The Morgan fingerprint density at radius 2 is 2.44 bits per heavy atom. The van der Waals surface area contributed by atoms with Gasteiger partial charge in [0.1, 0.15) is 5.82 Å². The van der Waals surface area contributed by atoms with E-state index in [0.717, 1.165) is 6.42 Å². The van der Waals surface area contributed by atoms with E-state index in [1.807, 2.05) is 0 Å². The van der Waals surface area contributed by atoms with Gasteiger partial charge in [-0.3, -0.25) is 9.59 Å². The smallest absolute Gasteiger partial charge is 0.254 e. The summed E-state index contributed by atoms with van der Waals surface area (Å²) in [6, 6.07) is 0.0203. The Bertz CT molecular complexity index is 493. The molecule has 0 spiro atoms. The molecule has 7 nitrogen and oxygen atoms in total. The van der Waals surface area contributed by atoms with Crippen LogP contribution >= 0.6 is 11.6 Å². The van der Waals surface area contributed by atoms with Crippen LogP contribution in [0.15, 0.2) is 6.20 Å². The van der Waals surface area contributed by atoms with Crippen LogP contribution in [0.25, 0.3) is 0 Å². The molecule has 2 rings (SSSR count). The Hall–Kier alpha value is -1.89. The van der Waals surface area contributed by atoms with Crippen LogP contribution in [0, 0.1) is 0 Å². The first-order valence-electron chi connectivity index (χ1n) is 5.42. The summed E-state index contributed by atoms with van der Waals surface area (Å²) in [4.78, 5) is 29.8. The van der Waals surface area contributed by atoms with Crippen LogP contribution in [0.5, 0.6) is 0 Å². The standard InChI is InChI=1S/C10H12ClN5O2/c11-10-14-4-6(8(12)18)9(16-10)13-3-5-1-2-7(17)15-5/h4-5H,1-3H2,(H2,12,18)(H,15,17)(H,13,14,16). The molecule has 1 aromatic heterocycles. The number of aromatic nitrogens is 2. The number of amides is 2. The molecule has 0 saturated carbocycles. The number of rotatable bonds is 4. The van der Waals surface area contributed by atoms with E-state index < -0.39 is 5.91 Å². The topological polar surface area (TPSA) is 110 Å². The number of carbonyl (C=O) groups excluding carboxylic acids is 2. The second kappa shape index (κ2) is 5.18. The maximum atomic E-state index is 11.2. The summed E-state index contributed by atoms with van der Waals surface area (Å²) in [5.74, 6) is -0.328. The van der Waals surface area contributed by atoms with Gasteiger partial charge in [-0.2, -0.15) is 4.98 Å². The van der Waals surface area contributed by atoms with Crippen LogP contribution < -0.4 is 16.4 Å². The first-order valence-corrected chi connectivity index (χ1v) is 5.79. The Kier molecular flexibility index (Phi) is 3.61. The van der Waals surface area contributed by atoms with Crippen molar-refractivity contribution in [2.24, 2.45) is 5.73 Å². The van der Waals surface area contributed by atoms with Gasteiger partial charge in [-0.15, -0.1) is 0 Å². The fourth-order valence-corrected chi connectivity index (χ4v) is 1.86. The Balaban J connectivity index is 2.06. The summed E-state index contributed by atoms with van der Waals surface area (Å²) in [5.41, 5.74) is 5.37. The van der Waals surface area contributed by atoms with Crippen molar-refractivity contribution < 1.29 is 9.59 Å². The van der Waals surface area contributed by atoms with Crippen LogP contribution in [0.1, 0.15) is 23.2 Å². The van der Waals surface area contributed by atoms with Gasteiger partial charge in [0, 0.05) is 25.2 Å². The third-order valence-corrected chi connectivity index (χ3v) is 2.81. The van der Waals surface area contributed by atoms with Crippen molar-refractivity contribution in [1.29, 1.82) is 0 Å². The Morgan fingerprint density at radius 1 is 1.67 bits per heavy atom. The van der Waals surface area contributed by atoms with E-state index in [0.29, 0.717) is 13.0 Å². The molecule has 1 saturated heterocycles. The fraction of sp³-hybridized carbons (Fsp3) is 0.400. The van der Waals surface area contributed by atoms with Crippen molar-refractivity contribution in [3.8, 4) is 0 Å². The minimum absolute atomic E-state index is 0.0203. The number of carbonyl (C=O) groups is 2. The first kappa shape index (κ1) is 12.6. The fourth-order valence-electron chi connectivity index (χ4n) is 1.73. The summed E-state index contributed by atoms with van der Waals surface area (Å²) in [7, 11) is 0. The number of nitrogens with zero attached hydrogens (tertiary/aromatic N) is 2. The van der Waals surface area contributed by atoms with E-state index in [4.69, 9.17) is 17.3 Å². The van der Waals surface area contributed by atoms with Crippen molar-refractivity contribution in [1.82, 2.24) is 15.3 Å². The Morgan fingerprint density at radius 3 is 3.06 bits per heavy atom. The average Bonchev–Trinajstić information content (AvgIpc) is 2.72. The van der Waals surface area contributed by atoms with Gasteiger partial charge in [-0.25, -0.2) is 4.98 Å². The van der Waals surface area contributed by atoms with E-state index in [2.05, 4.69) is 20.6 Å². The minimum atomic E-state index is -0.635. The number of primary amides is 1. The van der Waals surface area contributed by atoms with E-state index >= 15 is 0 Å². The van der Waals surface area contributed by atoms with Crippen LogP contribution in [0.2, 0.25) is 5.28 Å². The van der Waals surface area contributed by atoms with E-state index in [1.165, 1.54) is 6.20 Å². The summed E-state index contributed by atoms with van der Waals surface area (Å²) < 4.78 is 0. The molecule has 0 radical (unpaired) electrons. The number of anilines is 1. The molecule has 1 aliphatic heterocycles. The molecule has 1 aliphatic rings. The molecule has 96 valence electrons. The Labute approximate surface area is 108 Å². The highest BCUT2D eigenvalue weighted by Crippen LogP contribution is 2.14. The van der Waals surface area contributed by atoms with Gasteiger partial charge in [-0.05, 0) is 18.0 Å². The molecular weight excluding hydrogens is 258 g/mol. The third-order valence-electron chi connectivity index (χ3n) is 2.63. The minimum Gasteiger partial charge on any atom is -0.367 e. The van der Waals surface area contributed by atoms with Crippen LogP contribution in [-0.2, 0) is 4.79 Å². The lowest BCUT2D eigenvalue weighted by Crippen LogP contribution is -2.32. The lowest BCUT2D eigenvalue weighted by atomic mass is 10.2. The molecule has 1 aromatic rings. The lowest BCUT2D eigenvalue weighted by molar-refractivity contribution is -0.119. The maximum Gasteiger partial charge on any atom is 0.254 e. The van der Waals surface area contributed by atoms with Crippen molar-refractivity contribution in [3.05, 3.63) is 17.0 Å². The van der Waals surface area contributed by atoms with Gasteiger partial charge in [0.15, 0.2) is 0 Å². The zero-order valence-electron chi connectivity index (χ0n) is 9.44. The molecule has 0 aliphatic carbocycles. The van der Waals surface area contributed by atoms with E-state index in [1.54, 1.807) is 0 Å². The predicted molar refractivity (Wildman–Crippen MR) is 65.2 cm³/mol. The second-order valence-electron chi connectivity index (χ2n) is 3.95. The molecule has 0 aromatic carbocycles. The molecule has 1 unspecified atom stereocenters. The molecule has 18 heavy (non-hydrogen) atoms. The van der Waals surface area contributed by atoms with Crippen LogP contribution in [0.4, 0.5) is 5.82 Å². The molecule has 1 fully saturated rings. The quantitative estimate of drug-likeness (QED) is 0.662. The highest BCUT2D eigenvalue weighted by atomic mass is 35.5. The number of nitrogens with one attached hydrogen (secondary N) is 2. The lowest BCUT2D eigenvalue weighted by Gasteiger charge is -2.13. The number of halogens is 1. The number of hydrogen-bond donors (Lipinski definition) is 3. The van der Waals surface area contributed by atoms with Gasteiger partial charge < -0.3 is 16.4 Å². The van der Waals surface area contributed by atoms with Crippen LogP contribution in [-0.4, -0.2) is 34.4 Å². The SMILES string of the molecule is NC(=O)c1cnc(Cl)nc1NCC1CCC(=O)N1. The molecule has 1 atom stereocenters. The highest BCUT2D eigenvalue weighted by molar-refractivity contribution is 6.28. The van der Waals surface area contributed by atoms with Gasteiger partial charge in [0.2, 0.25) is 11.2 Å². The molecular formula is C10H12ClN5O2. The third kappa shape index (κ3) is 2.86. The summed E-state index contributed by atoms with van der Waals surface area (Å²) in [6.07, 6.45) is 2.53. The van der Waals surface area contributed by atoms with E-state index in [-0.39, 0.29) is 28.6 Å². The van der Waals surface area contributed by atoms with Crippen molar-refractivity contribution in [3.63, 3.8) is 0 Å². The molecule has 4 N–H and O–H groups in total. The monoisotopic (exact) mass is 269 g/mol. The van der Waals surface area contributed by atoms with Gasteiger partial charge >= 0.3 is 0 Å². The van der Waals surface area contributed by atoms with Crippen molar-refractivity contribution in [2.75, 3.05) is 11.9 Å². The molecule has 8 heteroatoms. The van der Waals surface area contributed by atoms with Crippen molar-refractivity contribution >= 4 is 29.2 Å². The van der Waals surface area contributed by atoms with Gasteiger partial charge in [-0.1, -0.05) is 0 Å².